The third kappa shape index (κ3) is 3.57. The molecule has 0 spiro atoms. The first kappa shape index (κ1) is 18.1. The normalized spacial score (nSPS) is 10.8. The van der Waals surface area contributed by atoms with Gasteiger partial charge in [0.2, 0.25) is 0 Å². The number of para-hydroxylation sites is 1. The van der Waals surface area contributed by atoms with Crippen molar-refractivity contribution < 1.29 is 4.79 Å². The van der Waals surface area contributed by atoms with E-state index >= 15 is 0 Å². The highest BCUT2D eigenvalue weighted by atomic mass is 35.5. The maximum Gasteiger partial charge on any atom is 0.257 e. The quantitative estimate of drug-likeness (QED) is 0.543. The zero-order valence-corrected chi connectivity index (χ0v) is 16.1. The second-order valence-corrected chi connectivity index (χ2v) is 6.87. The number of aromatic nitrogens is 3. The molecule has 0 aliphatic rings. The molecule has 5 nitrogen and oxygen atoms in total. The number of nitrogens with zero attached hydrogens (tertiary/aromatic N) is 3. The molecule has 1 amide bonds. The average Bonchev–Trinajstić information content (AvgIpc) is 3.35. The Morgan fingerprint density at radius 2 is 1.68 bits per heavy atom. The van der Waals surface area contributed by atoms with Crippen LogP contribution in [0.1, 0.15) is 21.6 Å². The second kappa shape index (κ2) is 7.74. The molecule has 4 rings (SSSR count). The predicted molar refractivity (Wildman–Crippen MR) is 110 cm³/mol. The van der Waals surface area contributed by atoms with Crippen molar-refractivity contribution in [2.75, 3.05) is 0 Å². The van der Waals surface area contributed by atoms with Gasteiger partial charge >= 0.3 is 0 Å². The summed E-state index contributed by atoms with van der Waals surface area (Å²) in [7, 11) is 0. The van der Waals surface area contributed by atoms with Crippen molar-refractivity contribution in [2.45, 2.75) is 13.5 Å². The van der Waals surface area contributed by atoms with E-state index in [1.165, 1.54) is 0 Å². The van der Waals surface area contributed by atoms with E-state index in [2.05, 4.69) is 10.4 Å². The molecule has 0 aliphatic carbocycles. The van der Waals surface area contributed by atoms with Crippen LogP contribution in [0.5, 0.6) is 0 Å². The molecule has 2 heterocycles. The zero-order valence-electron chi connectivity index (χ0n) is 15.3. The summed E-state index contributed by atoms with van der Waals surface area (Å²) in [6.07, 6.45) is 3.82. The van der Waals surface area contributed by atoms with Crippen molar-refractivity contribution in [3.05, 3.63) is 101 Å². The van der Waals surface area contributed by atoms with Gasteiger partial charge < -0.3 is 9.88 Å². The molecule has 1 N–H and O–H groups in total. The number of aryl methyl sites for hydroxylation is 1. The first-order chi connectivity index (χ1) is 13.6. The summed E-state index contributed by atoms with van der Waals surface area (Å²) in [6.45, 7) is 2.26. The highest BCUT2D eigenvalue weighted by Crippen LogP contribution is 2.23. The summed E-state index contributed by atoms with van der Waals surface area (Å²) in [5.41, 5.74) is 3.09. The summed E-state index contributed by atoms with van der Waals surface area (Å²) in [6, 6.07) is 21.1. The SMILES string of the molecule is Cc1nn(-c2ccccc2)c(-n2cccc2)c1C(=O)NCc1ccc(Cl)cc1. The molecule has 140 valence electrons. The van der Waals surface area contributed by atoms with Crippen LogP contribution in [0.15, 0.2) is 79.1 Å². The molecule has 0 aliphatic heterocycles. The number of carbonyl (C=O) groups excluding carboxylic acids is 1. The van der Waals surface area contributed by atoms with Crippen LogP contribution in [0.2, 0.25) is 5.02 Å². The summed E-state index contributed by atoms with van der Waals surface area (Å²) >= 11 is 5.93. The van der Waals surface area contributed by atoms with E-state index in [0.29, 0.717) is 28.6 Å². The lowest BCUT2D eigenvalue weighted by molar-refractivity contribution is 0.0950. The Morgan fingerprint density at radius 1 is 1.00 bits per heavy atom. The van der Waals surface area contributed by atoms with Gasteiger partial charge in [-0.05, 0) is 48.9 Å². The number of halogens is 1. The number of nitrogens with one attached hydrogen (secondary N) is 1. The topological polar surface area (TPSA) is 51.9 Å². The highest BCUT2D eigenvalue weighted by molar-refractivity contribution is 6.30. The molecule has 0 unspecified atom stereocenters. The molecule has 0 radical (unpaired) electrons. The van der Waals surface area contributed by atoms with Crippen LogP contribution in [-0.4, -0.2) is 20.3 Å². The van der Waals surface area contributed by atoms with Crippen molar-refractivity contribution >= 4 is 17.5 Å². The van der Waals surface area contributed by atoms with E-state index in [1.54, 1.807) is 4.68 Å². The van der Waals surface area contributed by atoms with Crippen LogP contribution in [0.3, 0.4) is 0 Å². The smallest absolute Gasteiger partial charge is 0.257 e. The number of amides is 1. The molecule has 0 fully saturated rings. The first-order valence-corrected chi connectivity index (χ1v) is 9.32. The van der Waals surface area contributed by atoms with Crippen LogP contribution >= 0.6 is 11.6 Å². The molecule has 4 aromatic rings. The van der Waals surface area contributed by atoms with Crippen LogP contribution in [0, 0.1) is 6.92 Å². The van der Waals surface area contributed by atoms with Gasteiger partial charge in [-0.1, -0.05) is 41.9 Å². The van der Waals surface area contributed by atoms with Gasteiger partial charge in [-0.2, -0.15) is 5.10 Å². The average molecular weight is 391 g/mol. The van der Waals surface area contributed by atoms with Crippen LogP contribution in [0.4, 0.5) is 0 Å². The van der Waals surface area contributed by atoms with E-state index in [-0.39, 0.29) is 5.91 Å². The molecular weight excluding hydrogens is 372 g/mol. The van der Waals surface area contributed by atoms with Crippen LogP contribution in [0.25, 0.3) is 11.5 Å². The van der Waals surface area contributed by atoms with Crippen molar-refractivity contribution in [1.82, 2.24) is 19.7 Å². The van der Waals surface area contributed by atoms with E-state index < -0.39 is 0 Å². The van der Waals surface area contributed by atoms with Crippen LogP contribution < -0.4 is 5.32 Å². The minimum atomic E-state index is -0.168. The largest absolute Gasteiger partial charge is 0.348 e. The molecule has 2 aromatic carbocycles. The number of carbonyl (C=O) groups is 1. The van der Waals surface area contributed by atoms with Crippen molar-refractivity contribution in [1.29, 1.82) is 0 Å². The summed E-state index contributed by atoms with van der Waals surface area (Å²) in [4.78, 5) is 13.1. The van der Waals surface area contributed by atoms with Crippen LogP contribution in [-0.2, 0) is 6.54 Å². The van der Waals surface area contributed by atoms with Gasteiger partial charge in [0, 0.05) is 24.0 Å². The van der Waals surface area contributed by atoms with Crippen molar-refractivity contribution in [2.24, 2.45) is 0 Å². The molecule has 0 saturated heterocycles. The predicted octanol–water partition coefficient (Wildman–Crippen LogP) is 4.55. The van der Waals surface area contributed by atoms with E-state index in [1.807, 2.05) is 90.6 Å². The van der Waals surface area contributed by atoms with E-state index in [4.69, 9.17) is 11.6 Å². The molecule has 2 aromatic heterocycles. The monoisotopic (exact) mass is 390 g/mol. The van der Waals surface area contributed by atoms with Gasteiger partial charge in [0.15, 0.2) is 5.82 Å². The fourth-order valence-electron chi connectivity index (χ4n) is 3.12. The second-order valence-electron chi connectivity index (χ2n) is 6.43. The third-order valence-corrected chi connectivity index (χ3v) is 4.73. The van der Waals surface area contributed by atoms with Gasteiger partial charge in [-0.25, -0.2) is 4.68 Å². The number of hydrogen-bond acceptors (Lipinski definition) is 2. The minimum absolute atomic E-state index is 0.168. The molecule has 6 heteroatoms. The Balaban J connectivity index is 1.71. The Labute approximate surface area is 168 Å². The first-order valence-electron chi connectivity index (χ1n) is 8.94. The fraction of sp³-hybridized carbons (Fsp3) is 0.0909. The van der Waals surface area contributed by atoms with Crippen molar-refractivity contribution in [3.8, 4) is 11.5 Å². The lowest BCUT2D eigenvalue weighted by Crippen LogP contribution is -2.24. The van der Waals surface area contributed by atoms with E-state index in [0.717, 1.165) is 11.3 Å². The number of benzene rings is 2. The molecule has 0 saturated carbocycles. The Morgan fingerprint density at radius 3 is 2.36 bits per heavy atom. The highest BCUT2D eigenvalue weighted by Gasteiger charge is 2.23. The maximum atomic E-state index is 13.1. The Kier molecular flexibility index (Phi) is 5.00. The lowest BCUT2D eigenvalue weighted by atomic mass is 10.2. The Hall–Kier alpha value is -3.31. The fourth-order valence-corrected chi connectivity index (χ4v) is 3.24. The molecule has 28 heavy (non-hydrogen) atoms. The van der Waals surface area contributed by atoms with Gasteiger partial charge in [-0.3, -0.25) is 4.79 Å². The summed E-state index contributed by atoms with van der Waals surface area (Å²) < 4.78 is 3.71. The third-order valence-electron chi connectivity index (χ3n) is 4.48. The Bertz CT molecular complexity index is 1080. The maximum absolute atomic E-state index is 13.1. The van der Waals surface area contributed by atoms with Crippen molar-refractivity contribution in [3.63, 3.8) is 0 Å². The van der Waals surface area contributed by atoms with E-state index in [9.17, 15) is 4.79 Å². The summed E-state index contributed by atoms with van der Waals surface area (Å²) in [5, 5.41) is 8.31. The molecule has 0 atom stereocenters. The number of hydrogen-bond donors (Lipinski definition) is 1. The minimum Gasteiger partial charge on any atom is -0.348 e. The molecule has 0 bridgehead atoms. The standard InChI is InChI=1S/C22H19ClN4O/c1-16-20(21(28)24-15-17-9-11-18(23)12-10-17)22(26-13-5-6-14-26)27(25-16)19-7-3-2-4-8-19/h2-14H,15H2,1H3,(H,24,28). The number of rotatable bonds is 5. The van der Waals surface area contributed by atoms with Gasteiger partial charge in [0.25, 0.3) is 5.91 Å². The molecular formula is C22H19ClN4O. The zero-order chi connectivity index (χ0) is 19.5. The van der Waals surface area contributed by atoms with Gasteiger partial charge in [0.1, 0.15) is 5.56 Å². The van der Waals surface area contributed by atoms with Gasteiger partial charge in [0.05, 0.1) is 11.4 Å². The summed E-state index contributed by atoms with van der Waals surface area (Å²) in [5.74, 6) is 0.542. The van der Waals surface area contributed by atoms with Gasteiger partial charge in [-0.15, -0.1) is 0 Å². The lowest BCUT2D eigenvalue weighted by Gasteiger charge is -2.11.